The van der Waals surface area contributed by atoms with E-state index in [9.17, 15) is 4.79 Å². The van der Waals surface area contributed by atoms with Crippen LogP contribution in [-0.4, -0.2) is 10.9 Å². The fourth-order valence-electron chi connectivity index (χ4n) is 1.77. The molecule has 2 rings (SSSR count). The van der Waals surface area contributed by atoms with Gasteiger partial charge in [0.05, 0.1) is 6.42 Å². The van der Waals surface area contributed by atoms with Crippen molar-refractivity contribution in [2.75, 3.05) is 5.32 Å². The third-order valence-electron chi connectivity index (χ3n) is 2.74. The summed E-state index contributed by atoms with van der Waals surface area (Å²) >= 11 is 10.9. The van der Waals surface area contributed by atoms with Crippen molar-refractivity contribution in [1.82, 2.24) is 0 Å². The molecule has 0 aliphatic rings. The molecule has 0 aliphatic heterocycles. The lowest BCUT2D eigenvalue weighted by Gasteiger charge is -2.08. The smallest absolute Gasteiger partial charge is 0.228 e. The summed E-state index contributed by atoms with van der Waals surface area (Å²) in [6.45, 7) is 0. The Bertz CT molecular complexity index is 658. The first-order valence-electron chi connectivity index (χ1n) is 5.99. The molecular weight excluding hydrogens is 292 g/mol. The van der Waals surface area contributed by atoms with Gasteiger partial charge in [0, 0.05) is 16.3 Å². The number of hydrogen-bond donors (Lipinski definition) is 2. The van der Waals surface area contributed by atoms with Crippen molar-refractivity contribution in [3.05, 3.63) is 64.7 Å². The molecule has 0 atom stereocenters. The number of nitrogens with one attached hydrogen (secondary N) is 1. The third kappa shape index (κ3) is 3.79. The maximum atomic E-state index is 12.0. The number of hydrogen-bond acceptors (Lipinski definition) is 2. The number of amides is 1. The van der Waals surface area contributed by atoms with Crippen molar-refractivity contribution in [2.24, 2.45) is 5.73 Å². The van der Waals surface area contributed by atoms with Gasteiger partial charge in [-0.05, 0) is 23.8 Å². The van der Waals surface area contributed by atoms with Crippen LogP contribution in [0.15, 0.2) is 48.5 Å². The lowest BCUT2D eigenvalue weighted by Crippen LogP contribution is -2.15. The molecule has 3 N–H and O–H groups in total. The molecule has 0 bridgehead atoms. The SMILES string of the molecule is NC(=S)c1cccc(NC(=O)Cc2ccccc2Cl)c1. The van der Waals surface area contributed by atoms with Gasteiger partial charge in [-0.25, -0.2) is 0 Å². The maximum absolute atomic E-state index is 12.0. The number of benzene rings is 2. The molecule has 20 heavy (non-hydrogen) atoms. The van der Waals surface area contributed by atoms with Crippen molar-refractivity contribution in [2.45, 2.75) is 6.42 Å². The summed E-state index contributed by atoms with van der Waals surface area (Å²) in [5.74, 6) is -0.141. The largest absolute Gasteiger partial charge is 0.389 e. The summed E-state index contributed by atoms with van der Waals surface area (Å²) < 4.78 is 0. The van der Waals surface area contributed by atoms with E-state index in [1.165, 1.54) is 0 Å². The number of carbonyl (C=O) groups excluding carboxylic acids is 1. The van der Waals surface area contributed by atoms with Crippen LogP contribution < -0.4 is 11.1 Å². The number of carbonyl (C=O) groups is 1. The van der Waals surface area contributed by atoms with Crippen LogP contribution in [0.5, 0.6) is 0 Å². The van der Waals surface area contributed by atoms with Crippen LogP contribution in [0.4, 0.5) is 5.69 Å². The molecule has 0 saturated heterocycles. The normalized spacial score (nSPS) is 10.1. The van der Waals surface area contributed by atoms with Crippen LogP contribution in [0.1, 0.15) is 11.1 Å². The van der Waals surface area contributed by atoms with Gasteiger partial charge in [-0.2, -0.15) is 0 Å². The fraction of sp³-hybridized carbons (Fsp3) is 0.0667. The molecule has 0 fully saturated rings. The van der Waals surface area contributed by atoms with E-state index >= 15 is 0 Å². The minimum atomic E-state index is -0.141. The Morgan fingerprint density at radius 1 is 1.20 bits per heavy atom. The molecule has 0 aliphatic carbocycles. The van der Waals surface area contributed by atoms with E-state index in [1.54, 1.807) is 30.3 Å². The molecule has 5 heteroatoms. The summed E-state index contributed by atoms with van der Waals surface area (Å²) in [5.41, 5.74) is 7.72. The highest BCUT2D eigenvalue weighted by molar-refractivity contribution is 7.80. The number of nitrogens with two attached hydrogens (primary N) is 1. The summed E-state index contributed by atoms with van der Waals surface area (Å²) in [6, 6.07) is 14.4. The van der Waals surface area contributed by atoms with Crippen LogP contribution in [0.2, 0.25) is 5.02 Å². The van der Waals surface area contributed by atoms with Gasteiger partial charge in [-0.3, -0.25) is 4.79 Å². The van der Waals surface area contributed by atoms with Gasteiger partial charge in [-0.15, -0.1) is 0 Å². The first-order valence-corrected chi connectivity index (χ1v) is 6.78. The van der Waals surface area contributed by atoms with E-state index in [4.69, 9.17) is 29.6 Å². The topological polar surface area (TPSA) is 55.1 Å². The predicted octanol–water partition coefficient (Wildman–Crippen LogP) is 3.16. The van der Waals surface area contributed by atoms with Crippen molar-refractivity contribution in [3.8, 4) is 0 Å². The summed E-state index contributed by atoms with van der Waals surface area (Å²) in [6.07, 6.45) is 0.219. The van der Waals surface area contributed by atoms with Gasteiger partial charge in [0.2, 0.25) is 5.91 Å². The van der Waals surface area contributed by atoms with Crippen LogP contribution in [0, 0.1) is 0 Å². The first kappa shape index (κ1) is 14.5. The number of rotatable bonds is 4. The van der Waals surface area contributed by atoms with E-state index in [0.29, 0.717) is 15.7 Å². The molecule has 0 radical (unpaired) electrons. The first-order chi connectivity index (χ1) is 9.56. The monoisotopic (exact) mass is 304 g/mol. The Hall–Kier alpha value is -1.91. The molecule has 0 spiro atoms. The average Bonchev–Trinajstić information content (AvgIpc) is 2.41. The van der Waals surface area contributed by atoms with Crippen molar-refractivity contribution in [3.63, 3.8) is 0 Å². The van der Waals surface area contributed by atoms with Crippen molar-refractivity contribution < 1.29 is 4.79 Å². The highest BCUT2D eigenvalue weighted by atomic mass is 35.5. The van der Waals surface area contributed by atoms with E-state index in [-0.39, 0.29) is 12.3 Å². The van der Waals surface area contributed by atoms with E-state index in [2.05, 4.69) is 5.32 Å². The molecule has 102 valence electrons. The van der Waals surface area contributed by atoms with Gasteiger partial charge in [-0.1, -0.05) is 54.2 Å². The second kappa shape index (κ2) is 6.50. The Morgan fingerprint density at radius 3 is 2.65 bits per heavy atom. The molecule has 3 nitrogen and oxygen atoms in total. The predicted molar refractivity (Wildman–Crippen MR) is 86.1 cm³/mol. The van der Waals surface area contributed by atoms with Gasteiger partial charge < -0.3 is 11.1 Å². The van der Waals surface area contributed by atoms with Gasteiger partial charge >= 0.3 is 0 Å². The maximum Gasteiger partial charge on any atom is 0.228 e. The highest BCUT2D eigenvalue weighted by Crippen LogP contribution is 2.16. The quantitative estimate of drug-likeness (QED) is 0.853. The lowest BCUT2D eigenvalue weighted by molar-refractivity contribution is -0.115. The van der Waals surface area contributed by atoms with E-state index in [1.807, 2.05) is 18.2 Å². The Kier molecular flexibility index (Phi) is 4.71. The van der Waals surface area contributed by atoms with Crippen LogP contribution >= 0.6 is 23.8 Å². The average molecular weight is 305 g/mol. The van der Waals surface area contributed by atoms with Gasteiger partial charge in [0.15, 0.2) is 0 Å². The molecule has 0 heterocycles. The second-order valence-electron chi connectivity index (χ2n) is 4.26. The summed E-state index contributed by atoms with van der Waals surface area (Å²) in [7, 11) is 0. The molecule has 0 unspecified atom stereocenters. The van der Waals surface area contributed by atoms with Crippen LogP contribution in [-0.2, 0) is 11.2 Å². The lowest BCUT2D eigenvalue weighted by atomic mass is 10.1. The minimum Gasteiger partial charge on any atom is -0.389 e. The molecular formula is C15H13ClN2OS. The fourth-order valence-corrected chi connectivity index (χ4v) is 2.10. The molecule has 2 aromatic rings. The number of halogens is 1. The Labute approximate surface area is 127 Å². The number of thiocarbonyl (C=S) groups is 1. The summed E-state index contributed by atoms with van der Waals surface area (Å²) in [5, 5.41) is 3.38. The van der Waals surface area contributed by atoms with E-state index in [0.717, 1.165) is 11.1 Å². The van der Waals surface area contributed by atoms with Crippen molar-refractivity contribution in [1.29, 1.82) is 0 Å². The third-order valence-corrected chi connectivity index (χ3v) is 3.34. The molecule has 1 amide bonds. The van der Waals surface area contributed by atoms with Gasteiger partial charge in [0.1, 0.15) is 4.99 Å². The van der Waals surface area contributed by atoms with Gasteiger partial charge in [0.25, 0.3) is 0 Å². The Morgan fingerprint density at radius 2 is 1.95 bits per heavy atom. The molecule has 0 saturated carbocycles. The van der Waals surface area contributed by atoms with Crippen LogP contribution in [0.3, 0.4) is 0 Å². The zero-order chi connectivity index (χ0) is 14.5. The Balaban J connectivity index is 2.07. The molecule has 0 aromatic heterocycles. The minimum absolute atomic E-state index is 0.141. The summed E-state index contributed by atoms with van der Waals surface area (Å²) in [4.78, 5) is 12.3. The number of anilines is 1. The van der Waals surface area contributed by atoms with Crippen LogP contribution in [0.25, 0.3) is 0 Å². The van der Waals surface area contributed by atoms with Crippen molar-refractivity contribution >= 4 is 40.4 Å². The zero-order valence-electron chi connectivity index (χ0n) is 10.6. The standard InChI is InChI=1S/C15H13ClN2OS/c16-13-7-2-1-4-10(13)9-14(19)18-12-6-3-5-11(8-12)15(17)20/h1-8H,9H2,(H2,17,20)(H,18,19). The second-order valence-corrected chi connectivity index (χ2v) is 5.11. The molecule has 2 aromatic carbocycles. The zero-order valence-corrected chi connectivity index (χ0v) is 12.2. The highest BCUT2D eigenvalue weighted by Gasteiger charge is 2.07. The van der Waals surface area contributed by atoms with E-state index < -0.39 is 0 Å².